The molecule has 0 unspecified atom stereocenters. The van der Waals surface area contributed by atoms with E-state index in [1.807, 2.05) is 0 Å². The summed E-state index contributed by atoms with van der Waals surface area (Å²) in [6.45, 7) is 5.33. The molecular weight excluding hydrogens is 110 g/mol. The summed E-state index contributed by atoms with van der Waals surface area (Å²) in [4.78, 5) is 0. The van der Waals surface area contributed by atoms with Crippen molar-refractivity contribution in [1.29, 1.82) is 0 Å². The summed E-state index contributed by atoms with van der Waals surface area (Å²) in [5, 5.41) is 3.16. The predicted molar refractivity (Wildman–Crippen MR) is 40.1 cm³/mol. The van der Waals surface area contributed by atoms with Gasteiger partial charge in [-0.05, 0) is 30.7 Å². The van der Waals surface area contributed by atoms with E-state index in [9.17, 15) is 0 Å². The quantitative estimate of drug-likeness (QED) is 0.561. The van der Waals surface area contributed by atoms with E-state index in [1.54, 1.807) is 0 Å². The molecule has 1 N–H and O–H groups in total. The van der Waals surface area contributed by atoms with Crippen molar-refractivity contribution in [3.63, 3.8) is 0 Å². The van der Waals surface area contributed by atoms with E-state index >= 15 is 0 Å². The maximum atomic E-state index is 3.16. The Kier molecular flexibility index (Phi) is 1.93. The van der Waals surface area contributed by atoms with Crippen molar-refractivity contribution in [3.05, 3.63) is 23.4 Å². The zero-order chi connectivity index (χ0) is 6.69. The largest absolute Gasteiger partial charge is 0.387 e. The first-order chi connectivity index (χ1) is 4.34. The van der Waals surface area contributed by atoms with Gasteiger partial charge in [0.25, 0.3) is 0 Å². The van der Waals surface area contributed by atoms with Crippen LogP contribution in [0.4, 0.5) is 0 Å². The second kappa shape index (κ2) is 2.72. The molecule has 0 amide bonds. The monoisotopic (exact) mass is 123 g/mol. The van der Waals surface area contributed by atoms with E-state index in [0.717, 1.165) is 13.0 Å². The normalized spacial score (nSPS) is 18.0. The molecule has 0 radical (unpaired) electrons. The van der Waals surface area contributed by atoms with Gasteiger partial charge in [-0.3, -0.25) is 0 Å². The van der Waals surface area contributed by atoms with Crippen molar-refractivity contribution < 1.29 is 0 Å². The summed E-state index contributed by atoms with van der Waals surface area (Å²) in [5.41, 5.74) is 2.86. The summed E-state index contributed by atoms with van der Waals surface area (Å²) in [6.07, 6.45) is 5.48. The van der Waals surface area contributed by atoms with Crippen molar-refractivity contribution in [1.82, 2.24) is 5.32 Å². The van der Waals surface area contributed by atoms with Gasteiger partial charge in [0.2, 0.25) is 0 Å². The van der Waals surface area contributed by atoms with Gasteiger partial charge in [-0.15, -0.1) is 0 Å². The van der Waals surface area contributed by atoms with Gasteiger partial charge in [0.1, 0.15) is 0 Å². The van der Waals surface area contributed by atoms with Crippen LogP contribution in [0.5, 0.6) is 0 Å². The maximum absolute atomic E-state index is 3.16. The first-order valence-corrected chi connectivity index (χ1v) is 3.44. The molecule has 1 nitrogen and oxygen atoms in total. The lowest BCUT2D eigenvalue weighted by Crippen LogP contribution is -2.11. The molecule has 1 heterocycles. The lowest BCUT2D eigenvalue weighted by Gasteiger charge is -2.11. The molecule has 0 atom stereocenters. The molecule has 50 valence electrons. The minimum absolute atomic E-state index is 1.00. The Morgan fingerprint density at radius 1 is 1.67 bits per heavy atom. The van der Waals surface area contributed by atoms with E-state index in [1.165, 1.54) is 11.1 Å². The first kappa shape index (κ1) is 6.40. The zero-order valence-electron chi connectivity index (χ0n) is 6.07. The minimum Gasteiger partial charge on any atom is -0.387 e. The zero-order valence-corrected chi connectivity index (χ0v) is 6.07. The molecule has 0 spiro atoms. The van der Waals surface area contributed by atoms with Crippen molar-refractivity contribution in [2.45, 2.75) is 20.3 Å². The highest BCUT2D eigenvalue weighted by Crippen LogP contribution is 2.13. The molecule has 0 aromatic carbocycles. The molecule has 0 aromatic rings. The minimum atomic E-state index is 1.00. The van der Waals surface area contributed by atoms with Crippen LogP contribution in [0.3, 0.4) is 0 Å². The van der Waals surface area contributed by atoms with Crippen LogP contribution in [-0.4, -0.2) is 6.54 Å². The van der Waals surface area contributed by atoms with Gasteiger partial charge in [-0.1, -0.05) is 13.0 Å². The molecule has 0 fully saturated rings. The Hall–Kier alpha value is -0.720. The van der Waals surface area contributed by atoms with Gasteiger partial charge >= 0.3 is 0 Å². The van der Waals surface area contributed by atoms with Crippen molar-refractivity contribution in [3.8, 4) is 0 Å². The van der Waals surface area contributed by atoms with Crippen LogP contribution in [0, 0.1) is 0 Å². The van der Waals surface area contributed by atoms with E-state index in [4.69, 9.17) is 0 Å². The van der Waals surface area contributed by atoms with Crippen LogP contribution >= 0.6 is 0 Å². The highest BCUT2D eigenvalue weighted by atomic mass is 14.8. The molecule has 9 heavy (non-hydrogen) atoms. The summed E-state index contributed by atoms with van der Waals surface area (Å²) >= 11 is 0. The van der Waals surface area contributed by atoms with E-state index < -0.39 is 0 Å². The van der Waals surface area contributed by atoms with E-state index in [-0.39, 0.29) is 0 Å². The Labute approximate surface area is 56.5 Å². The van der Waals surface area contributed by atoms with Crippen molar-refractivity contribution in [2.24, 2.45) is 0 Å². The number of dihydropyridines is 1. The third kappa shape index (κ3) is 1.35. The SMILES string of the molecule is CCC1=CCNC=C1C. The second-order valence-electron chi connectivity index (χ2n) is 2.32. The molecule has 0 aliphatic carbocycles. The third-order valence-corrected chi connectivity index (χ3v) is 1.67. The lowest BCUT2D eigenvalue weighted by atomic mass is 10.0. The molecular formula is C8H13N. The molecule has 1 rings (SSSR count). The highest BCUT2D eigenvalue weighted by Gasteiger charge is 1.99. The average Bonchev–Trinajstić information content (AvgIpc) is 1.89. The first-order valence-electron chi connectivity index (χ1n) is 3.44. The Bertz CT molecular complexity index is 154. The van der Waals surface area contributed by atoms with Gasteiger partial charge in [0.15, 0.2) is 0 Å². The molecule has 0 bridgehead atoms. The molecule has 0 saturated heterocycles. The van der Waals surface area contributed by atoms with Crippen LogP contribution in [0.1, 0.15) is 20.3 Å². The van der Waals surface area contributed by atoms with Crippen molar-refractivity contribution >= 4 is 0 Å². The molecule has 0 aromatic heterocycles. The number of hydrogen-bond acceptors (Lipinski definition) is 1. The van der Waals surface area contributed by atoms with Gasteiger partial charge in [0.05, 0.1) is 0 Å². The van der Waals surface area contributed by atoms with Crippen LogP contribution < -0.4 is 5.32 Å². The molecule has 1 aliphatic heterocycles. The maximum Gasteiger partial charge on any atom is 0.0331 e. The summed E-state index contributed by atoms with van der Waals surface area (Å²) < 4.78 is 0. The Morgan fingerprint density at radius 2 is 2.44 bits per heavy atom. The fourth-order valence-electron chi connectivity index (χ4n) is 1.07. The summed E-state index contributed by atoms with van der Waals surface area (Å²) in [6, 6.07) is 0. The van der Waals surface area contributed by atoms with Gasteiger partial charge in [-0.2, -0.15) is 0 Å². The smallest absolute Gasteiger partial charge is 0.0331 e. The van der Waals surface area contributed by atoms with Crippen LogP contribution in [0.2, 0.25) is 0 Å². The van der Waals surface area contributed by atoms with Gasteiger partial charge < -0.3 is 5.32 Å². The van der Waals surface area contributed by atoms with Crippen LogP contribution in [-0.2, 0) is 0 Å². The number of allylic oxidation sites excluding steroid dienone is 2. The van der Waals surface area contributed by atoms with Gasteiger partial charge in [-0.25, -0.2) is 0 Å². The Balaban J connectivity index is 2.68. The number of rotatable bonds is 1. The van der Waals surface area contributed by atoms with Crippen LogP contribution in [0.15, 0.2) is 23.4 Å². The second-order valence-corrected chi connectivity index (χ2v) is 2.32. The van der Waals surface area contributed by atoms with Crippen LogP contribution in [0.25, 0.3) is 0 Å². The number of hydrogen-bond donors (Lipinski definition) is 1. The third-order valence-electron chi connectivity index (χ3n) is 1.67. The highest BCUT2D eigenvalue weighted by molar-refractivity contribution is 5.31. The topological polar surface area (TPSA) is 12.0 Å². The fourth-order valence-corrected chi connectivity index (χ4v) is 1.07. The fraction of sp³-hybridized carbons (Fsp3) is 0.500. The average molecular weight is 123 g/mol. The summed E-state index contributed by atoms with van der Waals surface area (Å²) in [7, 11) is 0. The predicted octanol–water partition coefficient (Wildman–Crippen LogP) is 1.83. The standard InChI is InChI=1S/C8H13N/c1-3-8-4-5-9-6-7(8)2/h4,6,9H,3,5H2,1-2H3. The Morgan fingerprint density at radius 3 is 2.89 bits per heavy atom. The lowest BCUT2D eigenvalue weighted by molar-refractivity contribution is 0.912. The number of nitrogens with one attached hydrogen (secondary N) is 1. The molecule has 0 saturated carbocycles. The summed E-state index contributed by atoms with van der Waals surface area (Å²) in [5.74, 6) is 0. The molecule has 1 aliphatic rings. The molecule has 1 heteroatoms. The van der Waals surface area contributed by atoms with Gasteiger partial charge in [0, 0.05) is 6.54 Å². The van der Waals surface area contributed by atoms with Crippen molar-refractivity contribution in [2.75, 3.05) is 6.54 Å². The van der Waals surface area contributed by atoms with E-state index in [0.29, 0.717) is 0 Å². The van der Waals surface area contributed by atoms with E-state index in [2.05, 4.69) is 31.4 Å².